The first-order chi connectivity index (χ1) is 14.0. The van der Waals surface area contributed by atoms with Crippen molar-refractivity contribution in [3.05, 3.63) is 68.2 Å². The molecule has 0 atom stereocenters. The van der Waals surface area contributed by atoms with E-state index in [1.54, 1.807) is 36.2 Å². The summed E-state index contributed by atoms with van der Waals surface area (Å²) in [5.74, 6) is 1.94. The minimum Gasteiger partial charge on any atom is -0.493 e. The SMILES string of the molecule is CCCc1n[nH]c(=S)n1/N=C/c1ccc(OCc2c(Cl)cccc2Cl)c(OC)c1. The Kier molecular flexibility index (Phi) is 7.30. The summed E-state index contributed by atoms with van der Waals surface area (Å²) in [5.41, 5.74) is 1.55. The van der Waals surface area contributed by atoms with Crippen LogP contribution in [0.3, 0.4) is 0 Å². The van der Waals surface area contributed by atoms with Crippen molar-refractivity contribution in [3.63, 3.8) is 0 Å². The molecule has 3 aromatic rings. The molecular weight excluding hydrogens is 431 g/mol. The van der Waals surface area contributed by atoms with Crippen molar-refractivity contribution in [2.75, 3.05) is 7.11 Å². The summed E-state index contributed by atoms with van der Waals surface area (Å²) >= 11 is 17.6. The van der Waals surface area contributed by atoms with Crippen molar-refractivity contribution in [3.8, 4) is 11.5 Å². The van der Waals surface area contributed by atoms with E-state index in [0.29, 0.717) is 26.3 Å². The fourth-order valence-corrected chi connectivity index (χ4v) is 3.36. The van der Waals surface area contributed by atoms with Crippen molar-refractivity contribution in [1.29, 1.82) is 0 Å². The molecule has 29 heavy (non-hydrogen) atoms. The molecule has 0 spiro atoms. The van der Waals surface area contributed by atoms with Crippen molar-refractivity contribution in [2.24, 2.45) is 5.10 Å². The Morgan fingerprint density at radius 3 is 2.66 bits per heavy atom. The van der Waals surface area contributed by atoms with Crippen molar-refractivity contribution in [2.45, 2.75) is 26.4 Å². The molecular formula is C20H20Cl2N4O2S. The molecule has 0 saturated heterocycles. The predicted molar refractivity (Wildman–Crippen MR) is 118 cm³/mol. The molecule has 3 rings (SSSR count). The van der Waals surface area contributed by atoms with Crippen LogP contribution in [0.1, 0.15) is 30.3 Å². The van der Waals surface area contributed by atoms with E-state index in [1.165, 1.54) is 0 Å². The Labute approximate surface area is 184 Å². The van der Waals surface area contributed by atoms with Gasteiger partial charge in [0, 0.05) is 22.0 Å². The van der Waals surface area contributed by atoms with Gasteiger partial charge in [-0.1, -0.05) is 36.2 Å². The Morgan fingerprint density at radius 2 is 1.97 bits per heavy atom. The average Bonchev–Trinajstić information content (AvgIpc) is 3.06. The summed E-state index contributed by atoms with van der Waals surface area (Å²) in [7, 11) is 1.58. The van der Waals surface area contributed by atoms with Gasteiger partial charge in [0.15, 0.2) is 17.3 Å². The number of rotatable bonds is 8. The lowest BCUT2D eigenvalue weighted by atomic mass is 10.2. The molecule has 2 aromatic carbocycles. The number of H-pyrrole nitrogens is 1. The smallest absolute Gasteiger partial charge is 0.216 e. The fraction of sp³-hybridized carbons (Fsp3) is 0.250. The van der Waals surface area contributed by atoms with E-state index in [2.05, 4.69) is 22.2 Å². The summed E-state index contributed by atoms with van der Waals surface area (Å²) in [6.45, 7) is 2.30. The van der Waals surface area contributed by atoms with Crippen LogP contribution in [0.2, 0.25) is 10.0 Å². The van der Waals surface area contributed by atoms with Gasteiger partial charge in [0.25, 0.3) is 0 Å². The lowest BCUT2D eigenvalue weighted by molar-refractivity contribution is 0.284. The summed E-state index contributed by atoms with van der Waals surface area (Å²) in [6, 6.07) is 10.9. The lowest BCUT2D eigenvalue weighted by Crippen LogP contribution is -2.01. The number of aromatic nitrogens is 3. The molecule has 0 aliphatic heterocycles. The second kappa shape index (κ2) is 9.91. The highest BCUT2D eigenvalue weighted by Crippen LogP contribution is 2.31. The van der Waals surface area contributed by atoms with Crippen LogP contribution >= 0.6 is 35.4 Å². The van der Waals surface area contributed by atoms with Gasteiger partial charge in [0.2, 0.25) is 4.77 Å². The number of hydrogen-bond donors (Lipinski definition) is 1. The first kappa shape index (κ1) is 21.4. The number of methoxy groups -OCH3 is 1. The molecule has 9 heteroatoms. The van der Waals surface area contributed by atoms with Crippen LogP contribution in [-0.2, 0) is 13.0 Å². The third-order valence-electron chi connectivity index (χ3n) is 4.13. The summed E-state index contributed by atoms with van der Waals surface area (Å²) < 4.78 is 13.4. The first-order valence-corrected chi connectivity index (χ1v) is 10.1. The third kappa shape index (κ3) is 5.18. The van der Waals surface area contributed by atoms with Crippen molar-refractivity contribution < 1.29 is 9.47 Å². The zero-order chi connectivity index (χ0) is 20.8. The van der Waals surface area contributed by atoms with E-state index in [4.69, 9.17) is 44.9 Å². The van der Waals surface area contributed by atoms with Crippen LogP contribution in [0.15, 0.2) is 41.5 Å². The molecule has 0 aliphatic carbocycles. The van der Waals surface area contributed by atoms with Gasteiger partial charge in [-0.3, -0.25) is 5.10 Å². The number of benzene rings is 2. The fourth-order valence-electron chi connectivity index (χ4n) is 2.66. The van der Waals surface area contributed by atoms with Crippen molar-refractivity contribution >= 4 is 41.6 Å². The first-order valence-electron chi connectivity index (χ1n) is 8.97. The molecule has 0 radical (unpaired) electrons. The second-order valence-corrected chi connectivity index (χ2v) is 7.35. The minimum atomic E-state index is 0.229. The largest absolute Gasteiger partial charge is 0.493 e. The van der Waals surface area contributed by atoms with Crippen LogP contribution in [0, 0.1) is 4.77 Å². The average molecular weight is 451 g/mol. The molecule has 0 saturated carbocycles. The molecule has 1 N–H and O–H groups in total. The van der Waals surface area contributed by atoms with Gasteiger partial charge in [0.05, 0.1) is 13.3 Å². The highest BCUT2D eigenvalue weighted by atomic mass is 35.5. The summed E-state index contributed by atoms with van der Waals surface area (Å²) in [6.07, 6.45) is 3.43. The zero-order valence-corrected chi connectivity index (χ0v) is 18.3. The zero-order valence-electron chi connectivity index (χ0n) is 16.0. The van der Waals surface area contributed by atoms with E-state index in [1.807, 2.05) is 18.2 Å². The van der Waals surface area contributed by atoms with Crippen LogP contribution < -0.4 is 9.47 Å². The number of nitrogens with zero attached hydrogens (tertiary/aromatic N) is 3. The monoisotopic (exact) mass is 450 g/mol. The maximum Gasteiger partial charge on any atom is 0.216 e. The maximum atomic E-state index is 6.20. The molecule has 0 aliphatic rings. The summed E-state index contributed by atoms with van der Waals surface area (Å²) in [4.78, 5) is 0. The van der Waals surface area contributed by atoms with E-state index < -0.39 is 0 Å². The highest BCUT2D eigenvalue weighted by Gasteiger charge is 2.10. The Morgan fingerprint density at radius 1 is 1.21 bits per heavy atom. The second-order valence-electron chi connectivity index (χ2n) is 6.15. The van der Waals surface area contributed by atoms with Gasteiger partial charge in [-0.15, -0.1) is 0 Å². The topological polar surface area (TPSA) is 64.4 Å². The minimum absolute atomic E-state index is 0.229. The van der Waals surface area contributed by atoms with Gasteiger partial charge in [-0.25, -0.2) is 0 Å². The van der Waals surface area contributed by atoms with E-state index in [-0.39, 0.29) is 6.61 Å². The van der Waals surface area contributed by atoms with Gasteiger partial charge < -0.3 is 9.47 Å². The third-order valence-corrected chi connectivity index (χ3v) is 5.11. The van der Waals surface area contributed by atoms with Gasteiger partial charge in [0.1, 0.15) is 6.61 Å². The quantitative estimate of drug-likeness (QED) is 0.354. The number of aryl methyl sites for hydroxylation is 1. The van der Waals surface area contributed by atoms with Crippen LogP contribution in [0.25, 0.3) is 0 Å². The summed E-state index contributed by atoms with van der Waals surface area (Å²) in [5, 5.41) is 12.5. The molecule has 0 unspecified atom stereocenters. The number of hydrogen-bond acceptors (Lipinski definition) is 5. The maximum absolute atomic E-state index is 6.20. The van der Waals surface area contributed by atoms with E-state index in [0.717, 1.165) is 29.8 Å². The Balaban J connectivity index is 1.79. The molecule has 1 aromatic heterocycles. The Bertz CT molecular complexity index is 1060. The van der Waals surface area contributed by atoms with E-state index >= 15 is 0 Å². The highest BCUT2D eigenvalue weighted by molar-refractivity contribution is 7.71. The molecule has 152 valence electrons. The molecule has 0 fully saturated rings. The van der Waals surface area contributed by atoms with Crippen LogP contribution in [0.4, 0.5) is 0 Å². The number of aromatic amines is 1. The predicted octanol–water partition coefficient (Wildman–Crippen LogP) is 5.67. The van der Waals surface area contributed by atoms with Crippen LogP contribution in [-0.4, -0.2) is 28.2 Å². The molecule has 0 bridgehead atoms. The van der Waals surface area contributed by atoms with Gasteiger partial charge in [-0.05, 0) is 54.5 Å². The van der Waals surface area contributed by atoms with Crippen LogP contribution in [0.5, 0.6) is 11.5 Å². The molecule has 0 amide bonds. The normalized spacial score (nSPS) is 11.2. The number of nitrogens with one attached hydrogen (secondary N) is 1. The Hall–Kier alpha value is -2.35. The molecule has 6 nitrogen and oxygen atoms in total. The standard InChI is InChI=1S/C20H20Cl2N4O2S/c1-3-5-19-24-25-20(29)26(19)23-11-13-8-9-17(18(10-13)27-2)28-12-14-15(21)6-4-7-16(14)22/h4,6-11H,3,5,12H2,1-2H3,(H,25,29)/b23-11+. The van der Waals surface area contributed by atoms with Gasteiger partial charge >= 0.3 is 0 Å². The lowest BCUT2D eigenvalue weighted by Gasteiger charge is -2.13. The van der Waals surface area contributed by atoms with Crippen molar-refractivity contribution in [1.82, 2.24) is 14.9 Å². The number of ether oxygens (including phenoxy) is 2. The molecule has 1 heterocycles. The number of halogens is 2. The van der Waals surface area contributed by atoms with Gasteiger partial charge in [-0.2, -0.15) is 14.9 Å². The van der Waals surface area contributed by atoms with E-state index in [9.17, 15) is 0 Å².